The molecule has 0 spiro atoms. The highest BCUT2D eigenvalue weighted by atomic mass is 19.1. The van der Waals surface area contributed by atoms with Gasteiger partial charge in [-0.1, -0.05) is 30.3 Å². The standard InChI is InChI=1S/C17H19FN2/c1-2-20(15-8-5-7-14(18)10-15)17-12-19-11-13-6-3-4-9-16(13)17/h3-10,17,19H,2,11-12H2,1H3. The number of likely N-dealkylation sites (N-methyl/N-ethyl adjacent to an activating group) is 1. The molecule has 1 atom stereocenters. The highest BCUT2D eigenvalue weighted by molar-refractivity contribution is 5.50. The van der Waals surface area contributed by atoms with Crippen molar-refractivity contribution < 1.29 is 4.39 Å². The van der Waals surface area contributed by atoms with E-state index in [1.165, 1.54) is 17.2 Å². The summed E-state index contributed by atoms with van der Waals surface area (Å²) in [6, 6.07) is 15.6. The molecule has 0 amide bonds. The monoisotopic (exact) mass is 270 g/mol. The van der Waals surface area contributed by atoms with E-state index in [2.05, 4.69) is 41.4 Å². The van der Waals surface area contributed by atoms with Crippen molar-refractivity contribution in [1.82, 2.24) is 5.32 Å². The summed E-state index contributed by atoms with van der Waals surface area (Å²) in [6.45, 7) is 4.76. The minimum atomic E-state index is -0.182. The molecule has 2 nitrogen and oxygen atoms in total. The lowest BCUT2D eigenvalue weighted by atomic mass is 9.95. The molecule has 104 valence electrons. The summed E-state index contributed by atoms with van der Waals surface area (Å²) in [5.41, 5.74) is 3.62. The van der Waals surface area contributed by atoms with E-state index in [1.807, 2.05) is 6.07 Å². The number of hydrogen-bond donors (Lipinski definition) is 1. The van der Waals surface area contributed by atoms with Crippen LogP contribution in [0, 0.1) is 5.82 Å². The van der Waals surface area contributed by atoms with Crippen molar-refractivity contribution in [2.45, 2.75) is 19.5 Å². The lowest BCUT2D eigenvalue weighted by molar-refractivity contribution is 0.519. The van der Waals surface area contributed by atoms with E-state index < -0.39 is 0 Å². The fourth-order valence-electron chi connectivity index (χ4n) is 2.99. The first-order chi connectivity index (χ1) is 9.79. The average Bonchev–Trinajstić information content (AvgIpc) is 2.48. The van der Waals surface area contributed by atoms with Gasteiger partial charge in [0, 0.05) is 25.3 Å². The summed E-state index contributed by atoms with van der Waals surface area (Å²) in [5.74, 6) is -0.182. The second-order valence-corrected chi connectivity index (χ2v) is 5.11. The van der Waals surface area contributed by atoms with Crippen LogP contribution in [-0.2, 0) is 6.54 Å². The summed E-state index contributed by atoms with van der Waals surface area (Å²) in [5, 5.41) is 3.45. The van der Waals surface area contributed by atoms with Crippen LogP contribution in [0.1, 0.15) is 24.1 Å². The van der Waals surface area contributed by atoms with Crippen LogP contribution in [-0.4, -0.2) is 13.1 Å². The first kappa shape index (κ1) is 13.1. The lowest BCUT2D eigenvalue weighted by Gasteiger charge is -2.37. The van der Waals surface area contributed by atoms with E-state index in [4.69, 9.17) is 0 Å². The van der Waals surface area contributed by atoms with Gasteiger partial charge in [-0.3, -0.25) is 0 Å². The number of benzene rings is 2. The van der Waals surface area contributed by atoms with E-state index in [1.54, 1.807) is 12.1 Å². The van der Waals surface area contributed by atoms with Gasteiger partial charge in [-0.25, -0.2) is 4.39 Å². The van der Waals surface area contributed by atoms with Gasteiger partial charge < -0.3 is 10.2 Å². The zero-order chi connectivity index (χ0) is 13.9. The Balaban J connectivity index is 1.99. The van der Waals surface area contributed by atoms with Crippen molar-refractivity contribution in [2.75, 3.05) is 18.0 Å². The predicted molar refractivity (Wildman–Crippen MR) is 80.3 cm³/mol. The van der Waals surface area contributed by atoms with E-state index in [0.717, 1.165) is 25.3 Å². The molecule has 2 aromatic carbocycles. The third-order valence-electron chi connectivity index (χ3n) is 3.92. The molecule has 0 aliphatic carbocycles. The first-order valence-electron chi connectivity index (χ1n) is 7.10. The predicted octanol–water partition coefficient (Wildman–Crippen LogP) is 3.50. The van der Waals surface area contributed by atoms with Gasteiger partial charge in [-0.05, 0) is 36.2 Å². The Labute approximate surface area is 119 Å². The van der Waals surface area contributed by atoms with Crippen LogP contribution >= 0.6 is 0 Å². The Hall–Kier alpha value is -1.87. The second kappa shape index (κ2) is 5.63. The molecular formula is C17H19FN2. The maximum atomic E-state index is 13.5. The molecule has 3 rings (SSSR count). The van der Waals surface area contributed by atoms with Gasteiger partial charge >= 0.3 is 0 Å². The molecule has 0 saturated heterocycles. The molecule has 1 N–H and O–H groups in total. The van der Waals surface area contributed by atoms with Crippen molar-refractivity contribution in [3.63, 3.8) is 0 Å². The highest BCUT2D eigenvalue weighted by Crippen LogP contribution is 2.31. The number of nitrogens with zero attached hydrogens (tertiary/aromatic N) is 1. The van der Waals surface area contributed by atoms with Crippen molar-refractivity contribution in [3.8, 4) is 0 Å². The molecule has 3 heteroatoms. The third kappa shape index (κ3) is 2.41. The Morgan fingerprint density at radius 2 is 2.05 bits per heavy atom. The summed E-state index contributed by atoms with van der Waals surface area (Å²) in [7, 11) is 0. The quantitative estimate of drug-likeness (QED) is 0.918. The van der Waals surface area contributed by atoms with E-state index in [9.17, 15) is 4.39 Å². The largest absolute Gasteiger partial charge is 0.363 e. The molecule has 0 radical (unpaired) electrons. The number of rotatable bonds is 3. The van der Waals surface area contributed by atoms with Crippen molar-refractivity contribution >= 4 is 5.69 Å². The summed E-state index contributed by atoms with van der Waals surface area (Å²) < 4.78 is 13.5. The Kier molecular flexibility index (Phi) is 3.70. The molecular weight excluding hydrogens is 251 g/mol. The molecule has 0 aromatic heterocycles. The molecule has 1 unspecified atom stereocenters. The second-order valence-electron chi connectivity index (χ2n) is 5.11. The van der Waals surface area contributed by atoms with Gasteiger partial charge in [-0.15, -0.1) is 0 Å². The number of halogens is 1. The van der Waals surface area contributed by atoms with Gasteiger partial charge in [0.1, 0.15) is 5.82 Å². The minimum absolute atomic E-state index is 0.182. The zero-order valence-corrected chi connectivity index (χ0v) is 11.6. The number of hydrogen-bond acceptors (Lipinski definition) is 2. The van der Waals surface area contributed by atoms with Crippen LogP contribution < -0.4 is 10.2 Å². The molecule has 0 bridgehead atoms. The van der Waals surface area contributed by atoms with Crippen LogP contribution in [0.15, 0.2) is 48.5 Å². The molecule has 1 aliphatic rings. The molecule has 20 heavy (non-hydrogen) atoms. The van der Waals surface area contributed by atoms with Gasteiger partial charge in [0.2, 0.25) is 0 Å². The Morgan fingerprint density at radius 3 is 2.85 bits per heavy atom. The van der Waals surface area contributed by atoms with Crippen LogP contribution in [0.4, 0.5) is 10.1 Å². The van der Waals surface area contributed by atoms with Crippen LogP contribution in [0.3, 0.4) is 0 Å². The van der Waals surface area contributed by atoms with Crippen LogP contribution in [0.5, 0.6) is 0 Å². The van der Waals surface area contributed by atoms with Crippen LogP contribution in [0.25, 0.3) is 0 Å². The maximum absolute atomic E-state index is 13.5. The summed E-state index contributed by atoms with van der Waals surface area (Å²) in [4.78, 5) is 2.26. The van der Waals surface area contributed by atoms with Gasteiger partial charge in [0.15, 0.2) is 0 Å². The first-order valence-corrected chi connectivity index (χ1v) is 7.10. The Morgan fingerprint density at radius 1 is 1.20 bits per heavy atom. The summed E-state index contributed by atoms with van der Waals surface area (Å²) in [6.07, 6.45) is 0. The normalized spacial score (nSPS) is 17.6. The maximum Gasteiger partial charge on any atom is 0.125 e. The fraction of sp³-hybridized carbons (Fsp3) is 0.294. The number of fused-ring (bicyclic) bond motifs is 1. The van der Waals surface area contributed by atoms with E-state index in [0.29, 0.717) is 0 Å². The third-order valence-corrected chi connectivity index (χ3v) is 3.92. The van der Waals surface area contributed by atoms with Crippen molar-refractivity contribution in [2.24, 2.45) is 0 Å². The van der Waals surface area contributed by atoms with Gasteiger partial charge in [0.05, 0.1) is 6.04 Å². The topological polar surface area (TPSA) is 15.3 Å². The highest BCUT2D eigenvalue weighted by Gasteiger charge is 2.24. The SMILES string of the molecule is CCN(c1cccc(F)c1)C1CNCc2ccccc21. The van der Waals surface area contributed by atoms with E-state index in [-0.39, 0.29) is 11.9 Å². The van der Waals surface area contributed by atoms with E-state index >= 15 is 0 Å². The van der Waals surface area contributed by atoms with Crippen molar-refractivity contribution in [3.05, 3.63) is 65.5 Å². The molecule has 2 aromatic rings. The number of anilines is 1. The van der Waals surface area contributed by atoms with Crippen molar-refractivity contribution in [1.29, 1.82) is 0 Å². The summed E-state index contributed by atoms with van der Waals surface area (Å²) >= 11 is 0. The van der Waals surface area contributed by atoms with Gasteiger partial charge in [-0.2, -0.15) is 0 Å². The molecule has 0 saturated carbocycles. The van der Waals surface area contributed by atoms with Crippen LogP contribution in [0.2, 0.25) is 0 Å². The minimum Gasteiger partial charge on any atom is -0.363 e. The number of nitrogens with one attached hydrogen (secondary N) is 1. The zero-order valence-electron chi connectivity index (χ0n) is 11.6. The fourth-order valence-corrected chi connectivity index (χ4v) is 2.99. The average molecular weight is 270 g/mol. The lowest BCUT2D eigenvalue weighted by Crippen LogP contribution is -2.39. The smallest absolute Gasteiger partial charge is 0.125 e. The molecule has 1 aliphatic heterocycles. The van der Waals surface area contributed by atoms with Gasteiger partial charge in [0.25, 0.3) is 0 Å². The molecule has 0 fully saturated rings. The Bertz CT molecular complexity index is 597. The molecule has 1 heterocycles.